The number of carbonyl (C=O) groups excluding carboxylic acids is 3. The quantitative estimate of drug-likeness (QED) is 0.716. The molecular weight excluding hydrogens is 423 g/mol. The number of nitrogens with one attached hydrogen (secondary N) is 1. The molecule has 0 aliphatic carbocycles. The minimum absolute atomic E-state index is 0.0939. The zero-order valence-electron chi connectivity index (χ0n) is 17.0. The van der Waals surface area contributed by atoms with Crippen LogP contribution in [0, 0.1) is 0 Å². The predicted molar refractivity (Wildman–Crippen MR) is 109 cm³/mol. The van der Waals surface area contributed by atoms with Gasteiger partial charge in [-0.3, -0.25) is 19.4 Å². The largest absolute Gasteiger partial charge is 0.433 e. The van der Waals surface area contributed by atoms with Gasteiger partial charge in [0.25, 0.3) is 5.91 Å². The number of pyridine rings is 1. The van der Waals surface area contributed by atoms with E-state index in [0.717, 1.165) is 29.5 Å². The summed E-state index contributed by atoms with van der Waals surface area (Å²) in [7, 11) is 0. The third-order valence-electron chi connectivity index (χ3n) is 5.72. The van der Waals surface area contributed by atoms with Crippen molar-refractivity contribution in [3.05, 3.63) is 76.8 Å². The van der Waals surface area contributed by atoms with Crippen molar-refractivity contribution in [2.24, 2.45) is 0 Å². The maximum absolute atomic E-state index is 12.8. The molecule has 2 aliphatic heterocycles. The van der Waals surface area contributed by atoms with Crippen molar-refractivity contribution in [3.8, 4) is 0 Å². The molecular formula is C23H20F3N3O3. The van der Waals surface area contributed by atoms with Gasteiger partial charge in [-0.15, -0.1) is 0 Å². The highest BCUT2D eigenvalue weighted by molar-refractivity contribution is 6.01. The second-order valence-electron chi connectivity index (χ2n) is 7.92. The Hall–Kier alpha value is -3.49. The number of piperidine rings is 1. The lowest BCUT2D eigenvalue weighted by atomic mass is 10.00. The number of halogens is 3. The SMILES string of the molecule is C=C1CCC(N2Cc3cc(CCC(=O)c4ccc(C(F)(F)F)nc4)ccc3C2=O)C(=O)N1. The second kappa shape index (κ2) is 8.22. The molecule has 32 heavy (non-hydrogen) atoms. The van der Waals surface area contributed by atoms with Crippen molar-refractivity contribution in [3.63, 3.8) is 0 Å². The normalized spacial score (nSPS) is 18.5. The summed E-state index contributed by atoms with van der Waals surface area (Å²) >= 11 is 0. The Morgan fingerprint density at radius 1 is 1.22 bits per heavy atom. The van der Waals surface area contributed by atoms with Crippen molar-refractivity contribution in [2.45, 2.75) is 44.4 Å². The third kappa shape index (κ3) is 4.28. The molecule has 0 bridgehead atoms. The lowest BCUT2D eigenvalue weighted by molar-refractivity contribution is -0.141. The summed E-state index contributed by atoms with van der Waals surface area (Å²) in [5.41, 5.74) is 1.86. The van der Waals surface area contributed by atoms with E-state index in [1.165, 1.54) is 0 Å². The maximum Gasteiger partial charge on any atom is 0.433 e. The number of benzene rings is 1. The first kappa shape index (κ1) is 21.7. The number of aromatic nitrogens is 1. The van der Waals surface area contributed by atoms with E-state index in [1.54, 1.807) is 17.0 Å². The molecule has 0 spiro atoms. The molecule has 2 aromatic rings. The van der Waals surface area contributed by atoms with E-state index < -0.39 is 17.9 Å². The molecule has 166 valence electrons. The van der Waals surface area contributed by atoms with Crippen LogP contribution in [0.25, 0.3) is 0 Å². The van der Waals surface area contributed by atoms with E-state index in [1.807, 2.05) is 6.07 Å². The Morgan fingerprint density at radius 3 is 2.66 bits per heavy atom. The summed E-state index contributed by atoms with van der Waals surface area (Å²) in [6.07, 6.45) is -2.02. The molecule has 1 atom stereocenters. The molecule has 0 radical (unpaired) electrons. The fourth-order valence-electron chi connectivity index (χ4n) is 3.99. The highest BCUT2D eigenvalue weighted by Gasteiger charge is 2.38. The summed E-state index contributed by atoms with van der Waals surface area (Å²) in [4.78, 5) is 42.3. The number of Topliss-reactive ketones (excluding diaryl/α,β-unsaturated/α-hetero) is 1. The summed E-state index contributed by atoms with van der Waals surface area (Å²) in [6, 6.07) is 6.65. The van der Waals surface area contributed by atoms with Gasteiger partial charge in [0.1, 0.15) is 11.7 Å². The highest BCUT2D eigenvalue weighted by Crippen LogP contribution is 2.30. The van der Waals surface area contributed by atoms with E-state index >= 15 is 0 Å². The molecule has 1 saturated heterocycles. The molecule has 4 rings (SSSR count). The van der Waals surface area contributed by atoms with Crippen molar-refractivity contribution in [1.29, 1.82) is 0 Å². The number of alkyl halides is 3. The van der Waals surface area contributed by atoms with Gasteiger partial charge >= 0.3 is 6.18 Å². The molecule has 2 aliphatic rings. The lowest BCUT2D eigenvalue weighted by Crippen LogP contribution is -2.49. The van der Waals surface area contributed by atoms with Crippen LogP contribution in [0.4, 0.5) is 13.2 Å². The Labute approximate surface area is 182 Å². The first-order valence-corrected chi connectivity index (χ1v) is 10.1. The van der Waals surface area contributed by atoms with Crippen LogP contribution in [0.5, 0.6) is 0 Å². The van der Waals surface area contributed by atoms with Crippen LogP contribution in [0.2, 0.25) is 0 Å². The number of ketones is 1. The monoisotopic (exact) mass is 443 g/mol. The van der Waals surface area contributed by atoms with Crippen LogP contribution in [-0.4, -0.2) is 33.5 Å². The zero-order chi connectivity index (χ0) is 23.0. The van der Waals surface area contributed by atoms with Crippen molar-refractivity contribution in [2.75, 3.05) is 0 Å². The molecule has 1 fully saturated rings. The highest BCUT2D eigenvalue weighted by atomic mass is 19.4. The van der Waals surface area contributed by atoms with Gasteiger partial charge in [-0.25, -0.2) is 0 Å². The molecule has 1 N–H and O–H groups in total. The number of hydrogen-bond acceptors (Lipinski definition) is 4. The van der Waals surface area contributed by atoms with Gasteiger partial charge in [0.15, 0.2) is 5.78 Å². The number of amides is 2. The average Bonchev–Trinajstić information content (AvgIpc) is 3.07. The first-order chi connectivity index (χ1) is 15.1. The Kier molecular flexibility index (Phi) is 5.58. The molecule has 9 heteroatoms. The van der Waals surface area contributed by atoms with Crippen LogP contribution >= 0.6 is 0 Å². The molecule has 0 saturated carbocycles. The smallest absolute Gasteiger partial charge is 0.329 e. The minimum Gasteiger partial charge on any atom is -0.329 e. The number of nitrogens with zero attached hydrogens (tertiary/aromatic N) is 2. The van der Waals surface area contributed by atoms with Crippen LogP contribution < -0.4 is 5.32 Å². The van der Waals surface area contributed by atoms with Gasteiger partial charge in [-0.05, 0) is 48.6 Å². The molecule has 3 heterocycles. The first-order valence-electron chi connectivity index (χ1n) is 10.1. The summed E-state index contributed by atoms with van der Waals surface area (Å²) in [5, 5.41) is 2.69. The van der Waals surface area contributed by atoms with E-state index in [4.69, 9.17) is 0 Å². The number of rotatable bonds is 5. The van der Waals surface area contributed by atoms with Gasteiger partial charge in [0.2, 0.25) is 5.91 Å². The number of allylic oxidation sites excluding steroid dienone is 1. The fourth-order valence-corrected chi connectivity index (χ4v) is 3.99. The fraction of sp³-hybridized carbons (Fsp3) is 0.304. The summed E-state index contributed by atoms with van der Waals surface area (Å²) in [6.45, 7) is 4.06. The topological polar surface area (TPSA) is 79.4 Å². The predicted octanol–water partition coefficient (Wildman–Crippen LogP) is 3.66. The molecule has 1 aromatic heterocycles. The van der Waals surface area contributed by atoms with Gasteiger partial charge in [-0.1, -0.05) is 18.7 Å². The van der Waals surface area contributed by atoms with Gasteiger partial charge < -0.3 is 10.2 Å². The lowest BCUT2D eigenvalue weighted by Gasteiger charge is -2.30. The summed E-state index contributed by atoms with van der Waals surface area (Å²) < 4.78 is 37.8. The maximum atomic E-state index is 12.8. The van der Waals surface area contributed by atoms with Crippen molar-refractivity contribution < 1.29 is 27.6 Å². The number of fused-ring (bicyclic) bond motifs is 1. The van der Waals surface area contributed by atoms with Gasteiger partial charge in [0.05, 0.1) is 0 Å². The Morgan fingerprint density at radius 2 is 2.00 bits per heavy atom. The van der Waals surface area contributed by atoms with Crippen LogP contribution in [0.1, 0.15) is 56.8 Å². The van der Waals surface area contributed by atoms with Crippen LogP contribution in [0.3, 0.4) is 0 Å². The molecule has 1 unspecified atom stereocenters. The third-order valence-corrected chi connectivity index (χ3v) is 5.72. The Balaban J connectivity index is 1.40. The van der Waals surface area contributed by atoms with Gasteiger partial charge in [0, 0.05) is 36.0 Å². The number of carbonyl (C=O) groups is 3. The minimum atomic E-state index is -4.55. The second-order valence-corrected chi connectivity index (χ2v) is 7.92. The van der Waals surface area contributed by atoms with Crippen LogP contribution in [-0.2, 0) is 23.9 Å². The summed E-state index contributed by atoms with van der Waals surface area (Å²) in [5.74, 6) is -0.756. The standard InChI is InChI=1S/C23H20F3N3O3/c1-13-2-7-18(21(31)28-13)29-12-16-10-14(3-6-17(16)22(29)32)4-8-19(30)15-5-9-20(27-11-15)23(24,25)26/h3,5-6,9-11,18H,1-2,4,7-8,12H2,(H,28,31). The van der Waals surface area contributed by atoms with E-state index in [0.29, 0.717) is 37.1 Å². The van der Waals surface area contributed by atoms with Gasteiger partial charge in [-0.2, -0.15) is 13.2 Å². The molecule has 1 aromatic carbocycles. The average molecular weight is 443 g/mol. The van der Waals surface area contributed by atoms with Crippen molar-refractivity contribution >= 4 is 17.6 Å². The van der Waals surface area contributed by atoms with E-state index in [-0.39, 0.29) is 29.6 Å². The van der Waals surface area contributed by atoms with E-state index in [2.05, 4.69) is 16.9 Å². The molecule has 2 amide bonds. The number of hydrogen-bond donors (Lipinski definition) is 1. The Bertz CT molecular complexity index is 1110. The zero-order valence-corrected chi connectivity index (χ0v) is 17.0. The number of aryl methyl sites for hydroxylation is 1. The van der Waals surface area contributed by atoms with E-state index in [9.17, 15) is 27.6 Å². The van der Waals surface area contributed by atoms with Crippen molar-refractivity contribution in [1.82, 2.24) is 15.2 Å². The molecule has 6 nitrogen and oxygen atoms in total. The van der Waals surface area contributed by atoms with Crippen LogP contribution in [0.15, 0.2) is 48.8 Å².